The summed E-state index contributed by atoms with van der Waals surface area (Å²) in [6.07, 6.45) is 0.0463. The minimum absolute atomic E-state index is 0.0259. The summed E-state index contributed by atoms with van der Waals surface area (Å²) in [5.74, 6) is -0.818. The second-order valence-electron chi connectivity index (χ2n) is 5.16. The van der Waals surface area contributed by atoms with E-state index in [1.165, 1.54) is 0 Å². The molecule has 1 atom stereocenters. The van der Waals surface area contributed by atoms with Gasteiger partial charge in [0.05, 0.1) is 6.42 Å². The van der Waals surface area contributed by atoms with Gasteiger partial charge in [-0.15, -0.1) is 0 Å². The van der Waals surface area contributed by atoms with E-state index in [0.717, 1.165) is 11.1 Å². The molecule has 16 heavy (non-hydrogen) atoms. The highest BCUT2D eigenvalue weighted by Gasteiger charge is 2.22. The van der Waals surface area contributed by atoms with Gasteiger partial charge in [0.15, 0.2) is 0 Å². The summed E-state index contributed by atoms with van der Waals surface area (Å²) in [5.41, 5.74) is 7.89. The number of rotatable bonds is 3. The zero-order chi connectivity index (χ0) is 12.3. The summed E-state index contributed by atoms with van der Waals surface area (Å²) in [6, 6.07) is 7.42. The molecule has 1 aromatic carbocycles. The van der Waals surface area contributed by atoms with Crippen LogP contribution in [0.3, 0.4) is 0 Å². The lowest BCUT2D eigenvalue weighted by atomic mass is 9.82. The molecule has 0 aromatic heterocycles. The lowest BCUT2D eigenvalue weighted by Gasteiger charge is -2.27. The summed E-state index contributed by atoms with van der Waals surface area (Å²) < 4.78 is 0. The number of aliphatic carboxylic acids is 1. The minimum Gasteiger partial charge on any atom is -0.481 e. The standard InChI is InChI=1S/C13H19NO2/c1-13(2,3)12(14)10-6-4-5-9(7-10)8-11(15)16/h4-7,12H,8,14H2,1-3H3,(H,15,16). The monoisotopic (exact) mass is 221 g/mol. The minimum atomic E-state index is -0.818. The van der Waals surface area contributed by atoms with Crippen LogP contribution < -0.4 is 5.73 Å². The lowest BCUT2D eigenvalue weighted by Crippen LogP contribution is -2.26. The Hall–Kier alpha value is -1.35. The van der Waals surface area contributed by atoms with Gasteiger partial charge in [-0.2, -0.15) is 0 Å². The molecule has 1 unspecified atom stereocenters. The molecule has 88 valence electrons. The van der Waals surface area contributed by atoms with Crippen molar-refractivity contribution in [2.24, 2.45) is 11.1 Å². The van der Waals surface area contributed by atoms with Gasteiger partial charge in [-0.1, -0.05) is 45.0 Å². The van der Waals surface area contributed by atoms with Crippen LogP contribution in [0.5, 0.6) is 0 Å². The zero-order valence-electron chi connectivity index (χ0n) is 10.0. The van der Waals surface area contributed by atoms with Gasteiger partial charge in [0, 0.05) is 6.04 Å². The molecule has 0 aliphatic carbocycles. The molecule has 3 heteroatoms. The molecule has 3 N–H and O–H groups in total. The van der Waals surface area contributed by atoms with Crippen LogP contribution >= 0.6 is 0 Å². The number of carbonyl (C=O) groups is 1. The fourth-order valence-corrected chi connectivity index (χ4v) is 1.57. The second-order valence-corrected chi connectivity index (χ2v) is 5.16. The third kappa shape index (κ3) is 3.35. The molecule has 0 bridgehead atoms. The molecule has 1 rings (SSSR count). The molecule has 0 saturated carbocycles. The Morgan fingerprint density at radius 1 is 1.44 bits per heavy atom. The van der Waals surface area contributed by atoms with Gasteiger partial charge in [0.25, 0.3) is 0 Å². The third-order valence-corrected chi connectivity index (χ3v) is 2.60. The number of nitrogens with two attached hydrogens (primary N) is 1. The molecular formula is C13H19NO2. The van der Waals surface area contributed by atoms with Crippen molar-refractivity contribution < 1.29 is 9.90 Å². The first-order valence-corrected chi connectivity index (χ1v) is 5.37. The van der Waals surface area contributed by atoms with E-state index in [-0.39, 0.29) is 17.9 Å². The SMILES string of the molecule is CC(C)(C)C(N)c1cccc(CC(=O)O)c1. The van der Waals surface area contributed by atoms with Gasteiger partial charge in [0.1, 0.15) is 0 Å². The van der Waals surface area contributed by atoms with Crippen LogP contribution in [-0.2, 0) is 11.2 Å². The molecule has 0 aliphatic heterocycles. The van der Waals surface area contributed by atoms with Crippen LogP contribution in [0.2, 0.25) is 0 Å². The average molecular weight is 221 g/mol. The normalized spacial score (nSPS) is 13.5. The van der Waals surface area contributed by atoms with E-state index >= 15 is 0 Å². The quantitative estimate of drug-likeness (QED) is 0.823. The molecule has 0 fully saturated rings. The number of carboxylic acids is 1. The van der Waals surface area contributed by atoms with Gasteiger partial charge in [-0.05, 0) is 16.5 Å². The Kier molecular flexibility index (Phi) is 3.70. The maximum atomic E-state index is 10.6. The highest BCUT2D eigenvalue weighted by Crippen LogP contribution is 2.30. The summed E-state index contributed by atoms with van der Waals surface area (Å²) >= 11 is 0. The fraction of sp³-hybridized carbons (Fsp3) is 0.462. The first kappa shape index (κ1) is 12.7. The highest BCUT2D eigenvalue weighted by atomic mass is 16.4. The van der Waals surface area contributed by atoms with Crippen molar-refractivity contribution in [3.63, 3.8) is 0 Å². The van der Waals surface area contributed by atoms with E-state index in [4.69, 9.17) is 10.8 Å². The molecule has 0 spiro atoms. The van der Waals surface area contributed by atoms with Crippen molar-refractivity contribution in [1.29, 1.82) is 0 Å². The predicted octanol–water partition coefficient (Wildman–Crippen LogP) is 2.36. The van der Waals surface area contributed by atoms with E-state index in [0.29, 0.717) is 0 Å². The lowest BCUT2D eigenvalue weighted by molar-refractivity contribution is -0.136. The van der Waals surface area contributed by atoms with Crippen molar-refractivity contribution >= 4 is 5.97 Å². The first-order chi connectivity index (χ1) is 7.30. The summed E-state index contributed by atoms with van der Waals surface area (Å²) in [7, 11) is 0. The molecule has 0 aliphatic rings. The summed E-state index contributed by atoms with van der Waals surface area (Å²) in [4.78, 5) is 10.6. The van der Waals surface area contributed by atoms with Crippen LogP contribution in [0, 0.1) is 5.41 Å². The smallest absolute Gasteiger partial charge is 0.307 e. The molecular weight excluding hydrogens is 202 g/mol. The average Bonchev–Trinajstić information content (AvgIpc) is 2.14. The first-order valence-electron chi connectivity index (χ1n) is 5.37. The Labute approximate surface area is 96.3 Å². The second kappa shape index (κ2) is 4.66. The van der Waals surface area contributed by atoms with Crippen LogP contribution in [0.25, 0.3) is 0 Å². The van der Waals surface area contributed by atoms with E-state index in [1.807, 2.05) is 24.3 Å². The van der Waals surface area contributed by atoms with Crippen LogP contribution in [0.15, 0.2) is 24.3 Å². The summed E-state index contributed by atoms with van der Waals surface area (Å²) in [5, 5.41) is 8.73. The maximum Gasteiger partial charge on any atom is 0.307 e. The van der Waals surface area contributed by atoms with Gasteiger partial charge in [-0.25, -0.2) is 0 Å². The Bertz CT molecular complexity index is 380. The van der Waals surface area contributed by atoms with E-state index in [2.05, 4.69) is 20.8 Å². The molecule has 0 saturated heterocycles. The van der Waals surface area contributed by atoms with Crippen LogP contribution in [-0.4, -0.2) is 11.1 Å². The maximum absolute atomic E-state index is 10.6. The van der Waals surface area contributed by atoms with E-state index < -0.39 is 5.97 Å². The number of hydrogen-bond donors (Lipinski definition) is 2. The molecule has 1 aromatic rings. The van der Waals surface area contributed by atoms with Crippen molar-refractivity contribution in [2.45, 2.75) is 33.2 Å². The highest BCUT2D eigenvalue weighted by molar-refractivity contribution is 5.70. The van der Waals surface area contributed by atoms with Crippen LogP contribution in [0.1, 0.15) is 37.9 Å². The topological polar surface area (TPSA) is 63.3 Å². The van der Waals surface area contributed by atoms with Crippen molar-refractivity contribution in [3.05, 3.63) is 35.4 Å². The molecule has 3 nitrogen and oxygen atoms in total. The molecule has 0 radical (unpaired) electrons. The zero-order valence-corrected chi connectivity index (χ0v) is 10.0. The van der Waals surface area contributed by atoms with E-state index in [9.17, 15) is 4.79 Å². The van der Waals surface area contributed by atoms with E-state index in [1.54, 1.807) is 0 Å². The third-order valence-electron chi connectivity index (χ3n) is 2.60. The van der Waals surface area contributed by atoms with Crippen molar-refractivity contribution in [1.82, 2.24) is 0 Å². The van der Waals surface area contributed by atoms with Crippen LogP contribution in [0.4, 0.5) is 0 Å². The number of benzene rings is 1. The Morgan fingerprint density at radius 3 is 2.56 bits per heavy atom. The molecule has 0 amide bonds. The predicted molar refractivity (Wildman–Crippen MR) is 64.2 cm³/mol. The van der Waals surface area contributed by atoms with Gasteiger partial charge in [-0.3, -0.25) is 4.79 Å². The molecule has 0 heterocycles. The van der Waals surface area contributed by atoms with Gasteiger partial charge >= 0.3 is 5.97 Å². The Balaban J connectivity index is 2.94. The largest absolute Gasteiger partial charge is 0.481 e. The number of hydrogen-bond acceptors (Lipinski definition) is 2. The van der Waals surface area contributed by atoms with Gasteiger partial charge in [0.2, 0.25) is 0 Å². The van der Waals surface area contributed by atoms with Crippen molar-refractivity contribution in [2.75, 3.05) is 0 Å². The number of carboxylic acid groups (broad SMARTS) is 1. The fourth-order valence-electron chi connectivity index (χ4n) is 1.57. The Morgan fingerprint density at radius 2 is 2.06 bits per heavy atom. The van der Waals surface area contributed by atoms with Crippen molar-refractivity contribution in [3.8, 4) is 0 Å². The van der Waals surface area contributed by atoms with Gasteiger partial charge < -0.3 is 10.8 Å². The summed E-state index contributed by atoms with van der Waals surface area (Å²) in [6.45, 7) is 6.21.